The van der Waals surface area contributed by atoms with Crippen LogP contribution in [0.5, 0.6) is 5.75 Å². The van der Waals surface area contributed by atoms with Crippen molar-refractivity contribution >= 4 is 27.6 Å². The van der Waals surface area contributed by atoms with Gasteiger partial charge in [0.2, 0.25) is 0 Å². The van der Waals surface area contributed by atoms with Crippen molar-refractivity contribution in [3.63, 3.8) is 0 Å². The van der Waals surface area contributed by atoms with Gasteiger partial charge in [-0.05, 0) is 60.2 Å². The zero-order chi connectivity index (χ0) is 22.4. The van der Waals surface area contributed by atoms with Gasteiger partial charge in [0.15, 0.2) is 11.5 Å². The van der Waals surface area contributed by atoms with Gasteiger partial charge < -0.3 is 9.92 Å². The highest BCUT2D eigenvalue weighted by molar-refractivity contribution is 7.86. The van der Waals surface area contributed by atoms with Crippen LogP contribution in [0.15, 0.2) is 53.5 Å². The number of likely N-dealkylation sites (N-methyl/N-ethyl adjacent to an activating group) is 1. The first kappa shape index (κ1) is 21.0. The van der Waals surface area contributed by atoms with Crippen LogP contribution < -0.4 is 9.92 Å². The van der Waals surface area contributed by atoms with Crippen molar-refractivity contribution < 1.29 is 21.8 Å². The van der Waals surface area contributed by atoms with Gasteiger partial charge in [-0.3, -0.25) is 9.69 Å². The lowest BCUT2D eigenvalue weighted by atomic mass is 9.81. The fraction of sp³-hybridized carbons (Fsp3) is 0.273. The van der Waals surface area contributed by atoms with Gasteiger partial charge in [0.1, 0.15) is 11.6 Å². The number of guanidine groups is 1. The van der Waals surface area contributed by atoms with Gasteiger partial charge in [0, 0.05) is 12.6 Å². The van der Waals surface area contributed by atoms with Gasteiger partial charge >= 0.3 is 10.1 Å². The highest BCUT2D eigenvalue weighted by atomic mass is 32.2. The molecule has 0 saturated carbocycles. The van der Waals surface area contributed by atoms with Crippen LogP contribution in [0, 0.1) is 5.82 Å². The maximum Gasteiger partial charge on any atom is 0.306 e. The number of nitrogens with zero attached hydrogens (tertiary/aromatic N) is 2. The van der Waals surface area contributed by atoms with E-state index in [1.54, 1.807) is 18.2 Å². The molecule has 4 rings (SSSR count). The van der Waals surface area contributed by atoms with Crippen molar-refractivity contribution in [3.05, 3.63) is 71.0 Å². The predicted molar refractivity (Wildman–Crippen MR) is 115 cm³/mol. The van der Waals surface area contributed by atoms with Crippen molar-refractivity contribution in [3.8, 4) is 5.75 Å². The Morgan fingerprint density at radius 1 is 1.19 bits per heavy atom. The topological polar surface area (TPSA) is 102 Å². The minimum absolute atomic E-state index is 0.00499. The van der Waals surface area contributed by atoms with E-state index < -0.39 is 21.6 Å². The van der Waals surface area contributed by atoms with Gasteiger partial charge in [-0.1, -0.05) is 24.3 Å². The van der Waals surface area contributed by atoms with Crippen LogP contribution in [0.1, 0.15) is 36.0 Å². The van der Waals surface area contributed by atoms with Crippen LogP contribution in [0.2, 0.25) is 0 Å². The Bertz CT molecular complexity index is 1240. The number of hydrogen-bond donors (Lipinski definition) is 1. The molecule has 1 aliphatic heterocycles. The monoisotopic (exact) mass is 443 g/mol. The third-order valence-electron chi connectivity index (χ3n) is 5.51. The second kappa shape index (κ2) is 7.49. The van der Waals surface area contributed by atoms with Crippen molar-refractivity contribution in [1.82, 2.24) is 4.90 Å². The number of rotatable bonds is 5. The summed E-state index contributed by atoms with van der Waals surface area (Å²) in [5.74, 6) is -0.766. The molecule has 0 bridgehead atoms. The van der Waals surface area contributed by atoms with E-state index in [1.807, 2.05) is 6.08 Å². The summed E-state index contributed by atoms with van der Waals surface area (Å²) in [6, 6.07) is 10.6. The lowest BCUT2D eigenvalue weighted by Crippen LogP contribution is -2.41. The molecule has 1 aliphatic carbocycles. The lowest BCUT2D eigenvalue weighted by molar-refractivity contribution is -0.129. The van der Waals surface area contributed by atoms with Crippen LogP contribution in [0.25, 0.3) is 5.57 Å². The molecule has 1 unspecified atom stereocenters. The molecule has 0 spiro atoms. The summed E-state index contributed by atoms with van der Waals surface area (Å²) in [6.07, 6.45) is 5.51. The van der Waals surface area contributed by atoms with Gasteiger partial charge in [-0.15, -0.1) is 0 Å². The summed E-state index contributed by atoms with van der Waals surface area (Å²) in [5.41, 5.74) is 6.52. The van der Waals surface area contributed by atoms with E-state index in [-0.39, 0.29) is 17.5 Å². The molecule has 0 aromatic heterocycles. The quantitative estimate of drug-likeness (QED) is 0.716. The zero-order valence-electron chi connectivity index (χ0n) is 17.1. The molecule has 2 aromatic rings. The molecule has 1 atom stereocenters. The highest BCUT2D eigenvalue weighted by Gasteiger charge is 2.50. The zero-order valence-corrected chi connectivity index (χ0v) is 17.9. The minimum atomic E-state index is -3.77. The summed E-state index contributed by atoms with van der Waals surface area (Å²) in [7, 11) is -2.27. The number of carbonyl (C=O) groups is 1. The summed E-state index contributed by atoms with van der Waals surface area (Å²) in [6.45, 7) is 0. The standard InChI is InChI=1S/C22H22FN3O4S/c1-26-20(27)22(25-21(26)24,15-8-5-9-17(12-15)30-31(2,28)29)16-10-11-19(23)18(13-16)14-6-3-4-7-14/h5-6,8-13H,3-4,7H2,1-2H3,(H2,24,25). The molecular weight excluding hydrogens is 421 g/mol. The second-order valence-corrected chi connectivity index (χ2v) is 9.25. The highest BCUT2D eigenvalue weighted by Crippen LogP contribution is 2.42. The largest absolute Gasteiger partial charge is 0.383 e. The van der Waals surface area contributed by atoms with Gasteiger partial charge in [0.25, 0.3) is 5.91 Å². The Kier molecular flexibility index (Phi) is 5.09. The molecule has 0 saturated heterocycles. The average Bonchev–Trinajstić information content (AvgIpc) is 3.31. The molecule has 2 N–H and O–H groups in total. The van der Waals surface area contributed by atoms with E-state index in [4.69, 9.17) is 9.92 Å². The summed E-state index contributed by atoms with van der Waals surface area (Å²) >= 11 is 0. The predicted octanol–water partition coefficient (Wildman–Crippen LogP) is 2.76. The Morgan fingerprint density at radius 3 is 2.55 bits per heavy atom. The number of hydrogen-bond acceptors (Lipinski definition) is 6. The molecule has 2 aliphatic rings. The Hall–Kier alpha value is -3.20. The summed E-state index contributed by atoms with van der Waals surface area (Å²) < 4.78 is 42.8. The van der Waals surface area contributed by atoms with E-state index in [2.05, 4.69) is 4.99 Å². The van der Waals surface area contributed by atoms with E-state index >= 15 is 0 Å². The van der Waals surface area contributed by atoms with E-state index in [9.17, 15) is 17.6 Å². The maximum atomic E-state index is 14.7. The first-order valence-corrected chi connectivity index (χ1v) is 11.6. The average molecular weight is 444 g/mol. The van der Waals surface area contributed by atoms with Crippen molar-refractivity contribution in [2.45, 2.75) is 24.8 Å². The number of amides is 1. The molecule has 7 nitrogen and oxygen atoms in total. The van der Waals surface area contributed by atoms with E-state index in [0.717, 1.165) is 31.1 Å². The smallest absolute Gasteiger partial charge is 0.306 e. The Labute approximate surface area is 180 Å². The minimum Gasteiger partial charge on any atom is -0.383 e. The number of halogens is 1. The van der Waals surface area contributed by atoms with Crippen molar-refractivity contribution in [2.75, 3.05) is 13.3 Å². The second-order valence-electron chi connectivity index (χ2n) is 7.68. The fourth-order valence-electron chi connectivity index (χ4n) is 4.04. The first-order valence-electron chi connectivity index (χ1n) is 9.75. The molecule has 162 valence electrons. The third-order valence-corrected chi connectivity index (χ3v) is 6.01. The van der Waals surface area contributed by atoms with E-state index in [1.165, 1.54) is 36.2 Å². The lowest BCUT2D eigenvalue weighted by Gasteiger charge is -2.27. The number of carbonyl (C=O) groups excluding carboxylic acids is 1. The van der Waals surface area contributed by atoms with E-state index in [0.29, 0.717) is 16.7 Å². The summed E-state index contributed by atoms with van der Waals surface area (Å²) in [5, 5.41) is 0. The molecular formula is C22H22FN3O4S. The van der Waals surface area contributed by atoms with Crippen LogP contribution in [0.4, 0.5) is 4.39 Å². The molecule has 0 radical (unpaired) electrons. The third kappa shape index (κ3) is 3.69. The number of nitrogens with two attached hydrogens (primary N) is 1. The number of aliphatic imine (C=N–C) groups is 1. The number of allylic oxidation sites excluding steroid dienone is 2. The molecule has 9 heteroatoms. The molecule has 1 amide bonds. The summed E-state index contributed by atoms with van der Waals surface area (Å²) in [4.78, 5) is 19.1. The van der Waals surface area contributed by atoms with Gasteiger partial charge in [-0.25, -0.2) is 9.38 Å². The maximum absolute atomic E-state index is 14.7. The molecule has 31 heavy (non-hydrogen) atoms. The normalized spacial score (nSPS) is 21.3. The van der Waals surface area contributed by atoms with Crippen LogP contribution >= 0.6 is 0 Å². The van der Waals surface area contributed by atoms with Crippen LogP contribution in [-0.2, 0) is 20.5 Å². The van der Waals surface area contributed by atoms with Crippen molar-refractivity contribution in [1.29, 1.82) is 0 Å². The first-order chi connectivity index (χ1) is 14.6. The fourth-order valence-corrected chi connectivity index (χ4v) is 4.50. The van der Waals surface area contributed by atoms with Gasteiger partial charge in [-0.2, -0.15) is 8.42 Å². The van der Waals surface area contributed by atoms with Crippen LogP contribution in [-0.4, -0.2) is 38.5 Å². The van der Waals surface area contributed by atoms with Crippen molar-refractivity contribution in [2.24, 2.45) is 10.7 Å². The molecule has 1 heterocycles. The molecule has 2 aromatic carbocycles. The molecule has 0 fully saturated rings. The number of benzene rings is 2. The van der Waals surface area contributed by atoms with Gasteiger partial charge in [0.05, 0.1) is 6.26 Å². The van der Waals surface area contributed by atoms with Crippen LogP contribution in [0.3, 0.4) is 0 Å². The SMILES string of the molecule is CN1C(=O)C(c2cccc(OS(C)(=O)=O)c2)(c2ccc(F)c(C3=CCCC3)c2)N=C1N. The Balaban J connectivity index is 1.93. The Morgan fingerprint density at radius 2 is 1.94 bits per heavy atom.